The molecule has 1 aliphatic heterocycles. The van der Waals surface area contributed by atoms with Crippen LogP contribution in [0.4, 0.5) is 0 Å². The normalized spacial score (nSPS) is 22.3. The lowest BCUT2D eigenvalue weighted by Crippen LogP contribution is -2.44. The fraction of sp³-hybridized carbons (Fsp3) is 0.625. The molecule has 2 unspecified atom stereocenters. The molecule has 0 aliphatic carbocycles. The van der Waals surface area contributed by atoms with Crippen molar-refractivity contribution in [2.45, 2.75) is 39.3 Å². The summed E-state index contributed by atoms with van der Waals surface area (Å²) in [6, 6.07) is 8.22. The van der Waals surface area contributed by atoms with E-state index in [9.17, 15) is 5.11 Å². The molecular weight excluding hydrogens is 236 g/mol. The summed E-state index contributed by atoms with van der Waals surface area (Å²) in [4.78, 5) is 2.51. The molecule has 2 rings (SSSR count). The molecule has 1 heterocycles. The lowest BCUT2D eigenvalue weighted by atomic mass is 9.91. The van der Waals surface area contributed by atoms with Crippen molar-refractivity contribution in [1.82, 2.24) is 10.2 Å². The summed E-state index contributed by atoms with van der Waals surface area (Å²) in [5, 5.41) is 13.1. The second-order valence-electron chi connectivity index (χ2n) is 5.65. The topological polar surface area (TPSA) is 35.5 Å². The van der Waals surface area contributed by atoms with E-state index in [1.165, 1.54) is 24.9 Å². The summed E-state index contributed by atoms with van der Waals surface area (Å²) in [6.07, 6.45) is 2.60. The molecular formula is C16H26N2O. The first kappa shape index (κ1) is 14.4. The van der Waals surface area contributed by atoms with Gasteiger partial charge in [-0.05, 0) is 56.5 Å². The van der Waals surface area contributed by atoms with Crippen LogP contribution in [0, 0.1) is 5.92 Å². The van der Waals surface area contributed by atoms with Crippen LogP contribution in [-0.2, 0) is 6.54 Å². The predicted octanol–water partition coefficient (Wildman–Crippen LogP) is 2.60. The molecule has 1 saturated heterocycles. The van der Waals surface area contributed by atoms with Crippen molar-refractivity contribution in [3.8, 4) is 5.75 Å². The largest absolute Gasteiger partial charge is 0.508 e. The van der Waals surface area contributed by atoms with Crippen molar-refractivity contribution in [3.63, 3.8) is 0 Å². The van der Waals surface area contributed by atoms with Gasteiger partial charge in [0.2, 0.25) is 0 Å². The van der Waals surface area contributed by atoms with Crippen LogP contribution in [0.3, 0.4) is 0 Å². The number of benzene rings is 1. The number of phenolic OH excluding ortho intramolecular Hbond substituents is 1. The molecule has 106 valence electrons. The van der Waals surface area contributed by atoms with Gasteiger partial charge >= 0.3 is 0 Å². The molecule has 3 nitrogen and oxygen atoms in total. The average Bonchev–Trinajstić information content (AvgIpc) is 2.39. The average molecular weight is 262 g/mol. The quantitative estimate of drug-likeness (QED) is 0.856. The fourth-order valence-electron chi connectivity index (χ4n) is 3.04. The molecule has 2 atom stereocenters. The zero-order chi connectivity index (χ0) is 13.7. The first-order valence-corrected chi connectivity index (χ1v) is 7.42. The Morgan fingerprint density at radius 3 is 3.05 bits per heavy atom. The number of aromatic hydroxyl groups is 1. The third kappa shape index (κ3) is 4.22. The van der Waals surface area contributed by atoms with Gasteiger partial charge in [-0.3, -0.25) is 4.90 Å². The first-order valence-electron chi connectivity index (χ1n) is 7.42. The second-order valence-corrected chi connectivity index (χ2v) is 5.65. The Bertz CT molecular complexity index is 394. The van der Waals surface area contributed by atoms with Crippen LogP contribution in [0.2, 0.25) is 0 Å². The van der Waals surface area contributed by atoms with Gasteiger partial charge < -0.3 is 10.4 Å². The molecule has 0 bridgehead atoms. The minimum atomic E-state index is 0.368. The molecule has 0 spiro atoms. The summed E-state index contributed by atoms with van der Waals surface area (Å²) >= 11 is 0. The molecule has 2 N–H and O–H groups in total. The highest BCUT2D eigenvalue weighted by molar-refractivity contribution is 5.27. The summed E-state index contributed by atoms with van der Waals surface area (Å²) in [5.74, 6) is 1.11. The van der Waals surface area contributed by atoms with Crippen molar-refractivity contribution in [1.29, 1.82) is 0 Å². The number of nitrogens with one attached hydrogen (secondary N) is 1. The number of phenols is 1. The van der Waals surface area contributed by atoms with Crippen LogP contribution in [0.15, 0.2) is 24.3 Å². The van der Waals surface area contributed by atoms with E-state index in [1.807, 2.05) is 12.1 Å². The molecule has 0 saturated carbocycles. The number of likely N-dealkylation sites (tertiary alicyclic amines) is 1. The lowest BCUT2D eigenvalue weighted by Gasteiger charge is -2.36. The van der Waals surface area contributed by atoms with Gasteiger partial charge in [-0.25, -0.2) is 0 Å². The summed E-state index contributed by atoms with van der Waals surface area (Å²) in [5.41, 5.74) is 1.21. The monoisotopic (exact) mass is 262 g/mol. The Labute approximate surface area is 116 Å². The maximum absolute atomic E-state index is 9.52. The number of hydrogen-bond acceptors (Lipinski definition) is 3. The zero-order valence-electron chi connectivity index (χ0n) is 12.1. The Hall–Kier alpha value is -1.06. The molecule has 3 heteroatoms. The van der Waals surface area contributed by atoms with Gasteiger partial charge in [-0.2, -0.15) is 0 Å². The van der Waals surface area contributed by atoms with Gasteiger partial charge in [-0.1, -0.05) is 19.1 Å². The van der Waals surface area contributed by atoms with E-state index in [1.54, 1.807) is 6.07 Å². The van der Waals surface area contributed by atoms with Crippen molar-refractivity contribution in [3.05, 3.63) is 29.8 Å². The van der Waals surface area contributed by atoms with Crippen molar-refractivity contribution < 1.29 is 5.11 Å². The maximum atomic E-state index is 9.52. The van der Waals surface area contributed by atoms with E-state index < -0.39 is 0 Å². The lowest BCUT2D eigenvalue weighted by molar-refractivity contribution is 0.145. The van der Waals surface area contributed by atoms with Crippen LogP contribution in [-0.4, -0.2) is 35.7 Å². The highest BCUT2D eigenvalue weighted by Crippen LogP contribution is 2.22. The molecule has 0 radical (unpaired) electrons. The number of nitrogens with zero attached hydrogens (tertiary/aromatic N) is 1. The van der Waals surface area contributed by atoms with E-state index in [-0.39, 0.29) is 0 Å². The van der Waals surface area contributed by atoms with Gasteiger partial charge in [0.05, 0.1) is 0 Å². The van der Waals surface area contributed by atoms with Gasteiger partial charge in [-0.15, -0.1) is 0 Å². The van der Waals surface area contributed by atoms with E-state index >= 15 is 0 Å². The van der Waals surface area contributed by atoms with Crippen LogP contribution in [0.1, 0.15) is 32.3 Å². The van der Waals surface area contributed by atoms with E-state index in [0.717, 1.165) is 25.6 Å². The van der Waals surface area contributed by atoms with Gasteiger partial charge in [0.25, 0.3) is 0 Å². The number of hydrogen-bond donors (Lipinski definition) is 2. The van der Waals surface area contributed by atoms with Crippen LogP contribution in [0.5, 0.6) is 5.75 Å². The molecule has 1 aromatic rings. The highest BCUT2D eigenvalue weighted by Gasteiger charge is 2.24. The van der Waals surface area contributed by atoms with Crippen molar-refractivity contribution in [2.24, 2.45) is 5.92 Å². The van der Waals surface area contributed by atoms with Gasteiger partial charge in [0.1, 0.15) is 5.75 Å². The Morgan fingerprint density at radius 1 is 1.47 bits per heavy atom. The standard InChI is InChI=1S/C16H26N2O/c1-3-17-13(2)15-7-5-9-18(12-15)11-14-6-4-8-16(19)10-14/h4,6,8,10,13,15,17,19H,3,5,7,9,11-12H2,1-2H3. The minimum absolute atomic E-state index is 0.368. The number of rotatable bonds is 5. The Balaban J connectivity index is 1.90. The molecule has 19 heavy (non-hydrogen) atoms. The molecule has 1 aliphatic rings. The molecule has 0 amide bonds. The van der Waals surface area contributed by atoms with Gasteiger partial charge in [0.15, 0.2) is 0 Å². The fourth-order valence-corrected chi connectivity index (χ4v) is 3.04. The van der Waals surface area contributed by atoms with Gasteiger partial charge in [0, 0.05) is 19.1 Å². The molecule has 1 aromatic carbocycles. The first-order chi connectivity index (χ1) is 9.19. The summed E-state index contributed by atoms with van der Waals surface area (Å²) in [7, 11) is 0. The Morgan fingerprint density at radius 2 is 2.32 bits per heavy atom. The summed E-state index contributed by atoms with van der Waals surface area (Å²) < 4.78 is 0. The summed E-state index contributed by atoms with van der Waals surface area (Å²) in [6.45, 7) is 8.79. The minimum Gasteiger partial charge on any atom is -0.508 e. The molecule has 0 aromatic heterocycles. The van der Waals surface area contributed by atoms with Crippen molar-refractivity contribution >= 4 is 0 Å². The van der Waals surface area contributed by atoms with Crippen LogP contribution >= 0.6 is 0 Å². The highest BCUT2D eigenvalue weighted by atomic mass is 16.3. The maximum Gasteiger partial charge on any atom is 0.115 e. The smallest absolute Gasteiger partial charge is 0.115 e. The third-order valence-electron chi connectivity index (χ3n) is 4.09. The van der Waals surface area contributed by atoms with Crippen molar-refractivity contribution in [2.75, 3.05) is 19.6 Å². The SMILES string of the molecule is CCNC(C)C1CCCN(Cc2cccc(O)c2)C1. The van der Waals surface area contributed by atoms with E-state index in [2.05, 4.69) is 30.1 Å². The van der Waals surface area contributed by atoms with Crippen LogP contribution < -0.4 is 5.32 Å². The zero-order valence-corrected chi connectivity index (χ0v) is 12.1. The number of piperidine rings is 1. The Kier molecular flexibility index (Phi) is 5.23. The predicted molar refractivity (Wildman–Crippen MR) is 79.2 cm³/mol. The van der Waals surface area contributed by atoms with E-state index in [0.29, 0.717) is 11.8 Å². The second kappa shape index (κ2) is 6.92. The van der Waals surface area contributed by atoms with E-state index in [4.69, 9.17) is 0 Å². The third-order valence-corrected chi connectivity index (χ3v) is 4.09. The van der Waals surface area contributed by atoms with Crippen LogP contribution in [0.25, 0.3) is 0 Å². The molecule has 1 fully saturated rings.